The topological polar surface area (TPSA) is 122 Å². The number of rotatable bonds is 7. The van der Waals surface area contributed by atoms with Crippen LogP contribution in [-0.2, 0) is 18.4 Å². The second kappa shape index (κ2) is 10.8. The second-order valence-corrected chi connectivity index (χ2v) is 9.44. The largest absolute Gasteiger partial charge is 0.484 e. The van der Waals surface area contributed by atoms with Gasteiger partial charge in [-0.3, -0.25) is 9.59 Å². The Bertz CT molecular complexity index is 1520. The van der Waals surface area contributed by atoms with Gasteiger partial charge < -0.3 is 15.4 Å². The molecule has 9 nitrogen and oxygen atoms in total. The number of fused-ring (bicyclic) bond motifs is 1. The number of hydrogen-bond acceptors (Lipinski definition) is 6. The fourth-order valence-corrected chi connectivity index (χ4v) is 4.55. The lowest BCUT2D eigenvalue weighted by Gasteiger charge is -2.36. The van der Waals surface area contributed by atoms with Gasteiger partial charge in [-0.25, -0.2) is 9.67 Å². The van der Waals surface area contributed by atoms with Crippen molar-refractivity contribution in [2.75, 3.05) is 13.2 Å². The summed E-state index contributed by atoms with van der Waals surface area (Å²) in [5, 5.41) is 18.0. The number of alkyl halides is 6. The van der Waals surface area contributed by atoms with Gasteiger partial charge in [-0.05, 0) is 48.7 Å². The third-order valence-corrected chi connectivity index (χ3v) is 6.31. The summed E-state index contributed by atoms with van der Waals surface area (Å²) in [4.78, 5) is 30.5. The molecule has 15 heteroatoms. The van der Waals surface area contributed by atoms with Gasteiger partial charge in [-0.2, -0.15) is 36.7 Å². The molecule has 1 aromatic carbocycles. The zero-order valence-electron chi connectivity index (χ0n) is 21.6. The molecule has 3 aromatic rings. The lowest BCUT2D eigenvalue weighted by Crippen LogP contribution is -2.50. The number of aryl methyl sites for hydroxylation is 1. The van der Waals surface area contributed by atoms with E-state index < -0.39 is 48.6 Å². The fourth-order valence-electron chi connectivity index (χ4n) is 4.55. The van der Waals surface area contributed by atoms with Crippen LogP contribution in [-0.4, -0.2) is 52.1 Å². The van der Waals surface area contributed by atoms with E-state index in [0.29, 0.717) is 17.5 Å². The molecule has 0 aliphatic carbocycles. The number of nitrogens with one attached hydrogen (secondary N) is 2. The van der Waals surface area contributed by atoms with Crippen molar-refractivity contribution in [3.8, 4) is 17.6 Å². The highest BCUT2D eigenvalue weighted by Crippen LogP contribution is 2.36. The van der Waals surface area contributed by atoms with Crippen LogP contribution in [0.3, 0.4) is 0 Å². The number of carbonyl (C=O) groups is 2. The molecule has 41 heavy (non-hydrogen) atoms. The number of amides is 2. The van der Waals surface area contributed by atoms with E-state index in [4.69, 9.17) is 10.00 Å². The SMILES string of the molecule is CCc1cc(OCC(F)(F)F)ccc1[C@@]1(C)Cc2nn(-c3ccc(C#N)cn3)c(C(=O)NCC(F)(F)F)c2C(=O)N1. The number of halogens is 6. The maximum Gasteiger partial charge on any atom is 0.422 e. The Balaban J connectivity index is 1.76. The molecule has 0 saturated carbocycles. The Hall–Kier alpha value is -4.61. The molecule has 2 N–H and O–H groups in total. The normalized spacial score (nSPS) is 16.9. The summed E-state index contributed by atoms with van der Waals surface area (Å²) >= 11 is 0. The Morgan fingerprint density at radius 2 is 1.93 bits per heavy atom. The molecule has 2 aromatic heterocycles. The van der Waals surface area contributed by atoms with Gasteiger partial charge in [0.05, 0.1) is 22.4 Å². The Morgan fingerprint density at radius 3 is 2.51 bits per heavy atom. The van der Waals surface area contributed by atoms with Crippen LogP contribution in [0.2, 0.25) is 0 Å². The van der Waals surface area contributed by atoms with E-state index in [-0.39, 0.29) is 34.8 Å². The summed E-state index contributed by atoms with van der Waals surface area (Å²) in [5.74, 6) is -2.06. The van der Waals surface area contributed by atoms with E-state index in [0.717, 1.165) is 4.68 Å². The molecular formula is C26H22F6N6O3. The highest BCUT2D eigenvalue weighted by atomic mass is 19.4. The number of carbonyl (C=O) groups excluding carboxylic acids is 2. The number of pyridine rings is 1. The summed E-state index contributed by atoms with van der Waals surface area (Å²) in [6.45, 7) is 0.280. The van der Waals surface area contributed by atoms with Crippen molar-refractivity contribution >= 4 is 11.8 Å². The van der Waals surface area contributed by atoms with Crippen LogP contribution in [0.5, 0.6) is 5.75 Å². The van der Waals surface area contributed by atoms with Gasteiger partial charge in [0.1, 0.15) is 24.1 Å². The lowest BCUT2D eigenvalue weighted by molar-refractivity contribution is -0.153. The number of benzene rings is 1. The van der Waals surface area contributed by atoms with E-state index in [2.05, 4.69) is 15.4 Å². The number of nitrogens with zero attached hydrogens (tertiary/aromatic N) is 4. The summed E-state index contributed by atoms with van der Waals surface area (Å²) < 4.78 is 82.2. The fraction of sp³-hybridized carbons (Fsp3) is 0.346. The number of hydrogen-bond donors (Lipinski definition) is 2. The zero-order valence-corrected chi connectivity index (χ0v) is 21.6. The van der Waals surface area contributed by atoms with Crippen molar-refractivity contribution in [1.82, 2.24) is 25.4 Å². The number of aromatic nitrogens is 3. The van der Waals surface area contributed by atoms with Gasteiger partial charge in [0, 0.05) is 12.6 Å². The van der Waals surface area contributed by atoms with Crippen LogP contribution >= 0.6 is 0 Å². The van der Waals surface area contributed by atoms with Crippen molar-refractivity contribution in [3.63, 3.8) is 0 Å². The molecule has 216 valence electrons. The van der Waals surface area contributed by atoms with E-state index >= 15 is 0 Å². The van der Waals surface area contributed by atoms with Crippen LogP contribution < -0.4 is 15.4 Å². The quantitative estimate of drug-likeness (QED) is 0.406. The average molecular weight is 580 g/mol. The molecule has 1 aliphatic heterocycles. The first-order chi connectivity index (χ1) is 19.1. The Labute approximate surface area is 229 Å². The lowest BCUT2D eigenvalue weighted by atomic mass is 9.80. The van der Waals surface area contributed by atoms with Crippen LogP contribution in [0.4, 0.5) is 26.3 Å². The van der Waals surface area contributed by atoms with Crippen molar-refractivity contribution in [1.29, 1.82) is 5.26 Å². The number of ether oxygens (including phenoxy) is 1. The highest BCUT2D eigenvalue weighted by molar-refractivity contribution is 6.08. The number of nitriles is 1. The van der Waals surface area contributed by atoms with Gasteiger partial charge in [0.2, 0.25) is 0 Å². The first-order valence-electron chi connectivity index (χ1n) is 12.1. The predicted molar refractivity (Wildman–Crippen MR) is 130 cm³/mol. The Kier molecular flexibility index (Phi) is 7.70. The highest BCUT2D eigenvalue weighted by Gasteiger charge is 2.42. The molecule has 0 unspecified atom stereocenters. The summed E-state index contributed by atoms with van der Waals surface area (Å²) in [5.41, 5.74) is -0.508. The zero-order chi connectivity index (χ0) is 30.2. The van der Waals surface area contributed by atoms with Crippen LogP contribution in [0.15, 0.2) is 36.5 Å². The standard InChI is InChI=1S/C26H22F6N6O3/c1-3-15-8-16(41-13-26(30,31)32)5-6-17(15)24(2)9-18-20(22(39)36-24)21(23(40)35-12-25(27,28)29)38(37-18)19-7-4-14(10-33)11-34-19/h4-8,11H,3,9,12-13H2,1-2H3,(H,35,40)(H,36,39)/t24-/m1/s1. The Morgan fingerprint density at radius 1 is 1.20 bits per heavy atom. The van der Waals surface area contributed by atoms with Crippen LogP contribution in [0.25, 0.3) is 5.82 Å². The molecule has 1 atom stereocenters. The van der Waals surface area contributed by atoms with Gasteiger partial charge in [-0.15, -0.1) is 0 Å². The smallest absolute Gasteiger partial charge is 0.422 e. The van der Waals surface area contributed by atoms with Crippen molar-refractivity contribution in [2.24, 2.45) is 0 Å². The summed E-state index contributed by atoms with van der Waals surface area (Å²) in [7, 11) is 0. The molecular weight excluding hydrogens is 558 g/mol. The van der Waals surface area contributed by atoms with E-state index in [1.54, 1.807) is 19.2 Å². The molecule has 0 saturated heterocycles. The minimum Gasteiger partial charge on any atom is -0.484 e. The maximum atomic E-state index is 13.4. The monoisotopic (exact) mass is 580 g/mol. The van der Waals surface area contributed by atoms with Gasteiger partial charge in [-0.1, -0.05) is 13.0 Å². The second-order valence-electron chi connectivity index (χ2n) is 9.44. The predicted octanol–water partition coefficient (Wildman–Crippen LogP) is 4.14. The van der Waals surface area contributed by atoms with Gasteiger partial charge in [0.15, 0.2) is 12.4 Å². The molecule has 4 rings (SSSR count). The van der Waals surface area contributed by atoms with Crippen LogP contribution in [0, 0.1) is 11.3 Å². The summed E-state index contributed by atoms with van der Waals surface area (Å²) in [6, 6.07) is 8.84. The third-order valence-electron chi connectivity index (χ3n) is 6.31. The first kappa shape index (κ1) is 29.4. The molecule has 0 radical (unpaired) electrons. The maximum absolute atomic E-state index is 13.4. The molecule has 0 bridgehead atoms. The van der Waals surface area contributed by atoms with Gasteiger partial charge in [0.25, 0.3) is 11.8 Å². The van der Waals surface area contributed by atoms with Crippen molar-refractivity contribution in [3.05, 3.63) is 70.2 Å². The molecule has 3 heterocycles. The molecule has 2 amide bonds. The minimum absolute atomic E-state index is 0.0193. The van der Waals surface area contributed by atoms with Gasteiger partial charge >= 0.3 is 12.4 Å². The molecule has 0 spiro atoms. The van der Waals surface area contributed by atoms with Crippen molar-refractivity contribution < 1.29 is 40.7 Å². The minimum atomic E-state index is -4.72. The van der Waals surface area contributed by atoms with Crippen LogP contribution in [0.1, 0.15) is 57.1 Å². The third kappa shape index (κ3) is 6.42. The van der Waals surface area contributed by atoms with E-state index in [9.17, 15) is 35.9 Å². The average Bonchev–Trinajstić information content (AvgIpc) is 3.29. The summed E-state index contributed by atoms with van der Waals surface area (Å²) in [6.07, 6.45) is -7.73. The first-order valence-corrected chi connectivity index (χ1v) is 12.1. The van der Waals surface area contributed by atoms with E-state index in [1.807, 2.05) is 6.07 Å². The molecule has 1 aliphatic rings. The van der Waals surface area contributed by atoms with Crippen molar-refractivity contribution in [2.45, 2.75) is 44.6 Å². The van der Waals surface area contributed by atoms with E-state index in [1.165, 1.54) is 36.5 Å². The molecule has 0 fully saturated rings.